The van der Waals surface area contributed by atoms with Gasteiger partial charge in [-0.2, -0.15) is 0 Å². The maximum absolute atomic E-state index is 12.3. The van der Waals surface area contributed by atoms with Gasteiger partial charge in [0, 0.05) is 11.6 Å². The lowest BCUT2D eigenvalue weighted by Gasteiger charge is -2.02. The average Bonchev–Trinajstić information content (AvgIpc) is 3.27. The molecule has 0 aliphatic carbocycles. The molecule has 1 fully saturated rings. The number of nitrogens with zero attached hydrogens (tertiary/aromatic N) is 1. The van der Waals surface area contributed by atoms with Gasteiger partial charge in [-0.15, -0.1) is 0 Å². The number of amides is 1. The first-order valence-electron chi connectivity index (χ1n) is 8.82. The fraction of sp³-hybridized carbons (Fsp3) is 0.0909. The number of halogens is 2. The molecule has 0 radical (unpaired) electrons. The fourth-order valence-corrected chi connectivity index (χ4v) is 4.13. The summed E-state index contributed by atoms with van der Waals surface area (Å²) in [4.78, 5) is 17.4. The molecule has 1 aromatic heterocycles. The molecule has 0 saturated carbocycles. The second-order valence-corrected chi connectivity index (χ2v) is 8.39. The van der Waals surface area contributed by atoms with Crippen LogP contribution in [-0.4, -0.2) is 11.1 Å². The van der Waals surface area contributed by atoms with Crippen molar-refractivity contribution in [1.29, 1.82) is 0 Å². The Morgan fingerprint density at radius 3 is 2.72 bits per heavy atom. The molecular formula is C22H16Cl2N2O2S. The molecule has 4 nitrogen and oxygen atoms in total. The van der Waals surface area contributed by atoms with Gasteiger partial charge in [-0.05, 0) is 61.5 Å². The van der Waals surface area contributed by atoms with Crippen molar-refractivity contribution in [2.24, 2.45) is 4.99 Å². The number of hydrogen-bond acceptors (Lipinski definition) is 4. The molecule has 2 aromatic carbocycles. The fourth-order valence-electron chi connectivity index (χ4n) is 2.92. The van der Waals surface area contributed by atoms with Gasteiger partial charge in [0.15, 0.2) is 5.17 Å². The van der Waals surface area contributed by atoms with Crippen molar-refractivity contribution in [2.45, 2.75) is 13.8 Å². The molecule has 1 amide bonds. The monoisotopic (exact) mass is 442 g/mol. The SMILES string of the molecule is Cc1ccc(N=C2NC(=O)/C(=C\c3ccc(-c4cccc(Cl)c4Cl)o3)S2)c(C)c1. The van der Waals surface area contributed by atoms with E-state index in [-0.39, 0.29) is 5.91 Å². The quantitative estimate of drug-likeness (QED) is 0.455. The second kappa shape index (κ2) is 8.11. The molecule has 0 spiro atoms. The third kappa shape index (κ3) is 4.27. The largest absolute Gasteiger partial charge is 0.457 e. The Bertz CT molecular complexity index is 1180. The zero-order valence-corrected chi connectivity index (χ0v) is 18.0. The molecule has 2 heterocycles. The van der Waals surface area contributed by atoms with Crippen LogP contribution in [0, 0.1) is 13.8 Å². The van der Waals surface area contributed by atoms with Crippen LogP contribution in [0.15, 0.2) is 62.8 Å². The van der Waals surface area contributed by atoms with Gasteiger partial charge < -0.3 is 9.73 Å². The van der Waals surface area contributed by atoms with Gasteiger partial charge in [0.1, 0.15) is 11.5 Å². The van der Waals surface area contributed by atoms with E-state index < -0.39 is 0 Å². The Morgan fingerprint density at radius 2 is 1.93 bits per heavy atom. The summed E-state index contributed by atoms with van der Waals surface area (Å²) < 4.78 is 5.85. The molecular weight excluding hydrogens is 427 g/mol. The van der Waals surface area contributed by atoms with Gasteiger partial charge in [0.05, 0.1) is 20.6 Å². The number of furan rings is 1. The van der Waals surface area contributed by atoms with E-state index in [4.69, 9.17) is 27.6 Å². The van der Waals surface area contributed by atoms with E-state index in [1.54, 1.807) is 30.3 Å². The summed E-state index contributed by atoms with van der Waals surface area (Å²) >= 11 is 13.6. The van der Waals surface area contributed by atoms with Crippen LogP contribution < -0.4 is 5.32 Å². The first-order valence-corrected chi connectivity index (χ1v) is 10.4. The highest BCUT2D eigenvalue weighted by atomic mass is 35.5. The van der Waals surface area contributed by atoms with Crippen LogP contribution in [-0.2, 0) is 4.79 Å². The predicted octanol–water partition coefficient (Wildman–Crippen LogP) is 6.76. The van der Waals surface area contributed by atoms with Gasteiger partial charge in [-0.1, -0.05) is 47.0 Å². The molecule has 3 aromatic rings. The van der Waals surface area contributed by atoms with Crippen molar-refractivity contribution in [2.75, 3.05) is 0 Å². The third-order valence-corrected chi connectivity index (χ3v) is 6.07. The van der Waals surface area contributed by atoms with Gasteiger partial charge in [0.25, 0.3) is 5.91 Å². The normalized spacial score (nSPS) is 16.6. The number of thioether (sulfide) groups is 1. The first kappa shape index (κ1) is 19.8. The summed E-state index contributed by atoms with van der Waals surface area (Å²) in [7, 11) is 0. The van der Waals surface area contributed by atoms with E-state index in [1.807, 2.05) is 32.0 Å². The zero-order valence-electron chi connectivity index (χ0n) is 15.6. The highest BCUT2D eigenvalue weighted by Gasteiger charge is 2.24. The molecule has 1 aliphatic rings. The van der Waals surface area contributed by atoms with Crippen molar-refractivity contribution < 1.29 is 9.21 Å². The van der Waals surface area contributed by atoms with E-state index in [0.29, 0.717) is 37.2 Å². The molecule has 0 unspecified atom stereocenters. The molecule has 0 atom stereocenters. The van der Waals surface area contributed by atoms with Gasteiger partial charge >= 0.3 is 0 Å². The summed E-state index contributed by atoms with van der Waals surface area (Å²) in [6, 6.07) is 14.9. The highest BCUT2D eigenvalue weighted by molar-refractivity contribution is 8.18. The second-order valence-electron chi connectivity index (χ2n) is 6.58. The Morgan fingerprint density at radius 1 is 1.10 bits per heavy atom. The molecule has 7 heteroatoms. The average molecular weight is 443 g/mol. The lowest BCUT2D eigenvalue weighted by atomic mass is 10.1. The number of hydrogen-bond donors (Lipinski definition) is 1. The van der Waals surface area contributed by atoms with Crippen molar-refractivity contribution >= 4 is 57.8 Å². The molecule has 29 heavy (non-hydrogen) atoms. The van der Waals surface area contributed by atoms with Gasteiger partial charge in [-0.25, -0.2) is 4.99 Å². The lowest BCUT2D eigenvalue weighted by Crippen LogP contribution is -2.19. The van der Waals surface area contributed by atoms with Crippen LogP contribution in [0.3, 0.4) is 0 Å². The number of aliphatic imine (C=N–C) groups is 1. The van der Waals surface area contributed by atoms with E-state index >= 15 is 0 Å². The summed E-state index contributed by atoms with van der Waals surface area (Å²) in [5.74, 6) is 0.913. The molecule has 1 saturated heterocycles. The molecule has 4 rings (SSSR count). The highest BCUT2D eigenvalue weighted by Crippen LogP contribution is 2.35. The standard InChI is InChI=1S/C22H16Cl2N2O2S/c1-12-6-8-17(13(2)10-12)25-22-26-21(27)19(29-22)11-14-7-9-18(28-14)15-4-3-5-16(23)20(15)24/h3-11H,1-2H3,(H,25,26,27)/b19-11+. The minimum Gasteiger partial charge on any atom is -0.457 e. The Kier molecular flexibility index (Phi) is 5.54. The van der Waals surface area contributed by atoms with Crippen LogP contribution in [0.5, 0.6) is 0 Å². The van der Waals surface area contributed by atoms with E-state index in [2.05, 4.69) is 16.4 Å². The van der Waals surface area contributed by atoms with Crippen molar-refractivity contribution in [3.05, 3.63) is 80.4 Å². The zero-order chi connectivity index (χ0) is 20.5. The maximum Gasteiger partial charge on any atom is 0.264 e. The number of benzene rings is 2. The van der Waals surface area contributed by atoms with Crippen LogP contribution in [0.1, 0.15) is 16.9 Å². The van der Waals surface area contributed by atoms with Crippen molar-refractivity contribution in [3.8, 4) is 11.3 Å². The number of nitrogens with one attached hydrogen (secondary N) is 1. The minimum absolute atomic E-state index is 0.211. The summed E-state index contributed by atoms with van der Waals surface area (Å²) in [6.45, 7) is 4.03. The Balaban J connectivity index is 1.58. The van der Waals surface area contributed by atoms with Crippen LogP contribution in [0.2, 0.25) is 10.0 Å². The number of amidine groups is 1. The number of aryl methyl sites for hydroxylation is 2. The smallest absolute Gasteiger partial charge is 0.264 e. The number of carbonyl (C=O) groups excluding carboxylic acids is 1. The van der Waals surface area contributed by atoms with Crippen molar-refractivity contribution in [1.82, 2.24) is 5.32 Å². The minimum atomic E-state index is -0.211. The topological polar surface area (TPSA) is 54.6 Å². The lowest BCUT2D eigenvalue weighted by molar-refractivity contribution is -0.115. The Labute approximate surface area is 182 Å². The van der Waals surface area contributed by atoms with Crippen LogP contribution in [0.4, 0.5) is 5.69 Å². The van der Waals surface area contributed by atoms with Crippen LogP contribution in [0.25, 0.3) is 17.4 Å². The molecule has 146 valence electrons. The maximum atomic E-state index is 12.3. The van der Waals surface area contributed by atoms with Crippen LogP contribution >= 0.6 is 35.0 Å². The van der Waals surface area contributed by atoms with E-state index in [1.165, 1.54) is 17.3 Å². The first-order chi connectivity index (χ1) is 13.9. The Hall–Kier alpha value is -2.47. The molecule has 1 aliphatic heterocycles. The van der Waals surface area contributed by atoms with Crippen molar-refractivity contribution in [3.63, 3.8) is 0 Å². The number of carbonyl (C=O) groups is 1. The summed E-state index contributed by atoms with van der Waals surface area (Å²) in [5.41, 5.74) is 3.75. The van der Waals surface area contributed by atoms with E-state index in [9.17, 15) is 4.79 Å². The number of rotatable bonds is 3. The molecule has 0 bridgehead atoms. The summed E-state index contributed by atoms with van der Waals surface area (Å²) in [5, 5.41) is 4.22. The molecule has 1 N–H and O–H groups in total. The summed E-state index contributed by atoms with van der Waals surface area (Å²) in [6.07, 6.45) is 1.69. The van der Waals surface area contributed by atoms with E-state index in [0.717, 1.165) is 11.3 Å². The predicted molar refractivity (Wildman–Crippen MR) is 121 cm³/mol. The third-order valence-electron chi connectivity index (χ3n) is 4.34. The van der Waals surface area contributed by atoms with Gasteiger partial charge in [-0.3, -0.25) is 4.79 Å². The van der Waals surface area contributed by atoms with Gasteiger partial charge in [0.2, 0.25) is 0 Å².